The van der Waals surface area contributed by atoms with Crippen molar-refractivity contribution in [3.63, 3.8) is 0 Å². The Labute approximate surface area is 658 Å². The third kappa shape index (κ3) is 17.5. The lowest BCUT2D eigenvalue weighted by Crippen LogP contribution is -2.57. The lowest BCUT2D eigenvalue weighted by Gasteiger charge is -2.48. The van der Waals surface area contributed by atoms with E-state index in [9.17, 15) is 30.4 Å². The Morgan fingerprint density at radius 3 is 1.73 bits per heavy atom. The number of anilines is 1. The Balaban J connectivity index is 0.000000128. The van der Waals surface area contributed by atoms with Crippen LogP contribution in [-0.4, -0.2) is 124 Å². The van der Waals surface area contributed by atoms with Crippen molar-refractivity contribution < 1.29 is 44.6 Å². The topological polar surface area (TPSA) is 309 Å². The Bertz CT molecular complexity index is 5440. The highest BCUT2D eigenvalue weighted by Crippen LogP contribution is 2.55. The number of hydrogen-bond donors (Lipinski definition) is 5. The van der Waals surface area contributed by atoms with E-state index in [0.717, 1.165) is 85.5 Å². The predicted octanol–water partition coefficient (Wildman–Crippen LogP) is 14.5. The van der Waals surface area contributed by atoms with Gasteiger partial charge in [0.2, 0.25) is 5.69 Å². The van der Waals surface area contributed by atoms with Gasteiger partial charge in [-0.1, -0.05) is 71.4 Å². The summed E-state index contributed by atoms with van der Waals surface area (Å²) in [6.45, 7) is 23.6. The molecule has 30 heteroatoms. The number of nitrogens with two attached hydrogens (primary N) is 4. The van der Waals surface area contributed by atoms with Gasteiger partial charge in [0.1, 0.15) is 28.5 Å². The van der Waals surface area contributed by atoms with Crippen LogP contribution in [0.25, 0.3) is 37.5 Å². The normalized spacial score (nSPS) is 25.2. The van der Waals surface area contributed by atoms with Gasteiger partial charge in [-0.3, -0.25) is 24.8 Å². The zero-order chi connectivity index (χ0) is 77.6. The average Bonchev–Trinajstić information content (AvgIpc) is 1.67. The molecule has 109 heavy (non-hydrogen) atoms. The largest absolute Gasteiger partial charge is 0.458 e. The van der Waals surface area contributed by atoms with E-state index in [1.807, 2.05) is 64.2 Å². The van der Waals surface area contributed by atoms with Crippen LogP contribution in [0.4, 0.5) is 20.2 Å². The average molecular weight is 1620 g/mol. The smallest absolute Gasteiger partial charge is 0.283 e. The number of aromatic nitrogens is 2. The van der Waals surface area contributed by atoms with Gasteiger partial charge in [-0.2, -0.15) is 0 Å². The van der Waals surface area contributed by atoms with Gasteiger partial charge in [0, 0.05) is 60.7 Å². The number of aliphatic imine (C=N–C) groups is 4. The van der Waals surface area contributed by atoms with Gasteiger partial charge >= 0.3 is 0 Å². The molecule has 16 rings (SSSR count). The number of carbonyl (C=O) groups excluding carboxylic acids is 1. The lowest BCUT2D eigenvalue weighted by molar-refractivity contribution is -0.0211. The lowest BCUT2D eigenvalue weighted by atomic mass is 9.81. The van der Waals surface area contributed by atoms with E-state index in [4.69, 9.17) is 53.7 Å². The van der Waals surface area contributed by atoms with Crippen molar-refractivity contribution in [2.24, 2.45) is 42.9 Å². The maximum Gasteiger partial charge on any atom is 0.283 e. The van der Waals surface area contributed by atoms with Gasteiger partial charge in [-0.15, -0.1) is 45.9 Å². The molecule has 8 aliphatic heterocycles. The van der Waals surface area contributed by atoms with Crippen molar-refractivity contribution in [1.82, 2.24) is 9.97 Å². The summed E-state index contributed by atoms with van der Waals surface area (Å²) in [6.07, 6.45) is 8.30. The number of aryl methyl sites for hydroxylation is 1. The molecular formula is C79H80F2N12O8S8. The van der Waals surface area contributed by atoms with E-state index < -0.39 is 59.4 Å². The molecule has 4 saturated heterocycles. The van der Waals surface area contributed by atoms with Gasteiger partial charge in [0.15, 0.2) is 35.2 Å². The monoisotopic (exact) mass is 1620 g/mol. The number of thioether (sulfide) groups is 3. The van der Waals surface area contributed by atoms with Crippen LogP contribution >= 0.6 is 69.3 Å². The standard InChI is InChI=1S/C22H24N2O3S2.C20H20N2O2S3.C19H18F2N4O2S.C18H18N4OS2/c1-3-6-16-7-4-8-17(11-16)18-12-19(28-13-18)21(2)14-22(27-20(23)24-21)9-5-10-29(25,26)15-22;1-3-5-14-6-4-7-15(8-14)16-9-17(25-10-16)19(2)11-20(26-18(21)22-19)12-27(23,24)13-20;1-18(8-19(9-27-10-19)28-17(22)25-18)13-6-12(3-4-14(13)21)24-16(26)15-5-2-11(20)7-23-15;1-11-4-14(12-5-13(20-3)7-21-6-12)24-15(11)17(2)8-18(9-23-10-18)25-16(19)22-17/h4,7-8,11-13H,5,9-10,14-15H2,1-2H3,(H2,23,24);4,6-10H,11-13H2,1-2H3,(H2,21,22);2-7H,8-10H2,1H3,(H2,22,25)(H,24,26);4-7H,8-10H2,1-2H3,(H2,19,22). The van der Waals surface area contributed by atoms with Gasteiger partial charge in [0.05, 0.1) is 93.1 Å². The first kappa shape index (κ1) is 78.7. The van der Waals surface area contributed by atoms with Gasteiger partial charge < -0.3 is 42.5 Å². The number of nitrogens with zero attached hydrogens (tertiary/aromatic N) is 7. The Hall–Kier alpha value is -8.45. The quantitative estimate of drug-likeness (QED) is 0.0662. The second-order valence-corrected chi connectivity index (χ2v) is 41.0. The van der Waals surface area contributed by atoms with Crippen LogP contribution in [-0.2, 0) is 56.0 Å². The molecule has 3 aromatic carbocycles. The first-order valence-corrected chi connectivity index (χ1v) is 43.5. The van der Waals surface area contributed by atoms with Crippen molar-refractivity contribution in [1.29, 1.82) is 0 Å². The highest BCUT2D eigenvalue weighted by Gasteiger charge is 2.57. The maximum absolute atomic E-state index is 14.7. The third-order valence-corrected chi connectivity index (χ3v) is 31.4. The fourth-order valence-corrected chi connectivity index (χ4v) is 27.6. The highest BCUT2D eigenvalue weighted by molar-refractivity contribution is 8.17. The number of hydrogen-bond acceptors (Lipinski definition) is 24. The van der Waals surface area contributed by atoms with Crippen LogP contribution in [0.15, 0.2) is 152 Å². The number of rotatable bonds is 9. The first-order valence-electron chi connectivity index (χ1n) is 34.8. The van der Waals surface area contributed by atoms with Crippen molar-refractivity contribution in [3.8, 4) is 56.4 Å². The second kappa shape index (κ2) is 30.7. The molecule has 4 fully saturated rings. The minimum atomic E-state index is -3.14. The molecule has 0 radical (unpaired) electrons. The summed E-state index contributed by atoms with van der Waals surface area (Å²) >= 11 is 9.52. The number of ether oxygens (including phenoxy) is 3. The molecule has 5 unspecified atom stereocenters. The molecule has 8 aliphatic rings. The fraction of sp³-hybridized carbons (Fsp3) is 0.367. The predicted molar refractivity (Wildman–Crippen MR) is 439 cm³/mol. The number of nitrogens with one attached hydrogen (secondary N) is 1. The summed E-state index contributed by atoms with van der Waals surface area (Å²) in [7, 11) is -6.07. The summed E-state index contributed by atoms with van der Waals surface area (Å²) in [5.74, 6) is 11.1. The molecule has 13 heterocycles. The van der Waals surface area contributed by atoms with Crippen LogP contribution in [0.2, 0.25) is 0 Å². The molecule has 9 N–H and O–H groups in total. The highest BCUT2D eigenvalue weighted by atomic mass is 32.2. The zero-order valence-corrected chi connectivity index (χ0v) is 67.4. The van der Waals surface area contributed by atoms with Crippen molar-refractivity contribution in [2.75, 3.05) is 54.8 Å². The van der Waals surface area contributed by atoms with Crippen LogP contribution in [0.5, 0.6) is 0 Å². The van der Waals surface area contributed by atoms with E-state index >= 15 is 0 Å². The Morgan fingerprint density at radius 1 is 0.615 bits per heavy atom. The number of carbonyl (C=O) groups is 1. The maximum atomic E-state index is 14.7. The summed E-state index contributed by atoms with van der Waals surface area (Å²) < 4.78 is 92.0. The van der Waals surface area contributed by atoms with Gasteiger partial charge in [0.25, 0.3) is 11.9 Å². The number of sulfone groups is 2. The van der Waals surface area contributed by atoms with E-state index in [2.05, 4.69) is 128 Å². The van der Waals surface area contributed by atoms with Gasteiger partial charge in [-0.25, -0.2) is 40.4 Å². The molecule has 566 valence electrons. The number of pyridine rings is 2. The minimum absolute atomic E-state index is 0.00176. The van der Waals surface area contributed by atoms with Crippen molar-refractivity contribution >= 4 is 128 Å². The molecule has 8 aromatic rings. The van der Waals surface area contributed by atoms with E-state index in [0.29, 0.717) is 77.8 Å². The van der Waals surface area contributed by atoms with Crippen molar-refractivity contribution in [2.45, 2.75) is 129 Å². The first-order chi connectivity index (χ1) is 51.7. The van der Waals surface area contributed by atoms with E-state index in [1.165, 1.54) is 52.2 Å². The number of benzene rings is 3. The molecule has 5 aromatic heterocycles. The van der Waals surface area contributed by atoms with Crippen LogP contribution in [0.3, 0.4) is 0 Å². The van der Waals surface area contributed by atoms with Crippen molar-refractivity contribution in [3.05, 3.63) is 198 Å². The minimum Gasteiger partial charge on any atom is -0.458 e. The van der Waals surface area contributed by atoms with Crippen LogP contribution in [0, 0.1) is 48.8 Å². The molecule has 0 aliphatic carbocycles. The summed E-state index contributed by atoms with van der Waals surface area (Å²) in [4.78, 5) is 46.9. The molecule has 1 amide bonds. The molecule has 20 nitrogen and oxygen atoms in total. The Kier molecular flexibility index (Phi) is 22.1. The number of thiophene rings is 3. The van der Waals surface area contributed by atoms with Gasteiger partial charge in [-0.05, 0) is 204 Å². The molecule has 4 spiro atoms. The molecular weight excluding hydrogens is 1540 g/mol. The van der Waals surface area contributed by atoms with Crippen LogP contribution in [0.1, 0.15) is 127 Å². The number of amides is 1. The number of amidine groups is 4. The molecule has 0 bridgehead atoms. The van der Waals surface area contributed by atoms with E-state index in [-0.39, 0.29) is 54.5 Å². The van der Waals surface area contributed by atoms with E-state index in [1.54, 1.807) is 58.0 Å². The SMILES string of the molecule is CC#Cc1cccc(-c2csc(C3(C)CC4(CCCS(=O)(=O)C4)OC(N)=N3)c2)c1.CC#Cc1cccc(-c2csc(C3(C)CC4(CS(=O)(=O)C4)SC(N)=N3)c2)c1.CC1(c2cc(NC(=O)c3ccc(F)cn3)ccc2F)CC2(COC2)SC(N)=N1.[C-]#[N+]c1cncc(-c2cc(C)c(C3(C)CC4(COC4)SC(N)=N3)s2)c1. The number of halogens is 2. The third-order valence-electron chi connectivity index (χ3n) is 19.9. The summed E-state index contributed by atoms with van der Waals surface area (Å²) in [5, 5.41) is 8.40. The fourth-order valence-electron chi connectivity index (χ4n) is 15.5. The summed E-state index contributed by atoms with van der Waals surface area (Å²) in [5.41, 5.74) is 31.1. The second-order valence-electron chi connectivity index (χ2n) is 29.4. The van der Waals surface area contributed by atoms with Crippen LogP contribution < -0.4 is 28.3 Å². The molecule has 5 atom stereocenters. The molecule has 0 saturated carbocycles. The zero-order valence-electron chi connectivity index (χ0n) is 60.8. The Morgan fingerprint density at radius 2 is 1.18 bits per heavy atom. The summed E-state index contributed by atoms with van der Waals surface area (Å²) in [6, 6.07) is 31.4.